The third-order valence-corrected chi connectivity index (χ3v) is 2.65. The summed E-state index contributed by atoms with van der Waals surface area (Å²) < 4.78 is 6.14. The minimum Gasteiger partial charge on any atom is -0.453 e. The second-order valence-corrected chi connectivity index (χ2v) is 4.45. The minimum atomic E-state index is 0.346. The Morgan fingerprint density at radius 3 is 2.64 bits per heavy atom. The van der Waals surface area contributed by atoms with E-state index in [9.17, 15) is 0 Å². The largest absolute Gasteiger partial charge is 0.453 e. The van der Waals surface area contributed by atoms with Crippen LogP contribution in [0, 0.1) is 5.92 Å². The Hall–Kier alpha value is -0.320. The van der Waals surface area contributed by atoms with E-state index < -0.39 is 0 Å². The van der Waals surface area contributed by atoms with E-state index >= 15 is 0 Å². The zero-order valence-corrected chi connectivity index (χ0v) is 10.2. The number of nitrogens with one attached hydrogen (secondary N) is 1. The van der Waals surface area contributed by atoms with Crippen molar-refractivity contribution in [3.05, 3.63) is 22.6 Å². The Morgan fingerprint density at radius 2 is 2.21 bits per heavy atom. The molecule has 14 heavy (non-hydrogen) atoms. The van der Waals surface area contributed by atoms with E-state index in [-0.39, 0.29) is 0 Å². The lowest BCUT2D eigenvalue weighted by Gasteiger charge is -2.19. The molecule has 0 amide bonds. The summed E-state index contributed by atoms with van der Waals surface area (Å²) in [4.78, 5) is 0. The van der Waals surface area contributed by atoms with Gasteiger partial charge >= 0.3 is 0 Å². The van der Waals surface area contributed by atoms with E-state index in [4.69, 9.17) is 10.2 Å². The fourth-order valence-corrected chi connectivity index (χ4v) is 1.61. The third kappa shape index (κ3) is 3.44. The molecule has 0 spiro atoms. The summed E-state index contributed by atoms with van der Waals surface area (Å²) in [6.07, 6.45) is 0. The van der Waals surface area contributed by atoms with Gasteiger partial charge in [-0.1, -0.05) is 13.8 Å². The molecule has 0 aliphatic heterocycles. The van der Waals surface area contributed by atoms with Crippen LogP contribution in [0.3, 0.4) is 0 Å². The molecule has 0 saturated heterocycles. The number of rotatable bonds is 5. The number of hydrogen-bond donors (Lipinski definition) is 2. The summed E-state index contributed by atoms with van der Waals surface area (Å²) in [6, 6.07) is 4.19. The molecule has 0 saturated carbocycles. The van der Waals surface area contributed by atoms with Crippen LogP contribution in [0.2, 0.25) is 0 Å². The van der Waals surface area contributed by atoms with E-state index in [1.807, 2.05) is 12.1 Å². The Labute approximate surface area is 93.2 Å². The molecule has 1 unspecified atom stereocenters. The lowest BCUT2D eigenvalue weighted by atomic mass is 10.1. The van der Waals surface area contributed by atoms with Crippen LogP contribution in [0.4, 0.5) is 0 Å². The predicted molar refractivity (Wildman–Crippen MR) is 60.9 cm³/mol. The van der Waals surface area contributed by atoms with Gasteiger partial charge in [0.15, 0.2) is 4.67 Å². The first-order valence-electron chi connectivity index (χ1n) is 4.81. The molecule has 1 heterocycles. The molecule has 1 aromatic heterocycles. The van der Waals surface area contributed by atoms with Crippen molar-refractivity contribution in [3.63, 3.8) is 0 Å². The molecular formula is C10H17BrN2O. The van der Waals surface area contributed by atoms with Crippen molar-refractivity contribution in [2.24, 2.45) is 11.7 Å². The predicted octanol–water partition coefficient (Wildman–Crippen LogP) is 2.11. The van der Waals surface area contributed by atoms with Gasteiger partial charge in [0.25, 0.3) is 0 Å². The van der Waals surface area contributed by atoms with Gasteiger partial charge in [0.2, 0.25) is 0 Å². The monoisotopic (exact) mass is 260 g/mol. The van der Waals surface area contributed by atoms with Crippen LogP contribution in [0.25, 0.3) is 0 Å². The normalized spacial score (nSPS) is 13.5. The van der Waals surface area contributed by atoms with Crippen LogP contribution in [-0.4, -0.2) is 12.6 Å². The van der Waals surface area contributed by atoms with Gasteiger partial charge in [-0.15, -0.1) is 0 Å². The molecule has 1 rings (SSSR count). The summed E-state index contributed by atoms with van der Waals surface area (Å²) in [5.41, 5.74) is 5.64. The van der Waals surface area contributed by atoms with Gasteiger partial charge in [-0.2, -0.15) is 0 Å². The summed E-state index contributed by atoms with van der Waals surface area (Å²) in [5, 5.41) is 3.36. The number of furan rings is 1. The molecule has 1 atom stereocenters. The van der Waals surface area contributed by atoms with E-state index in [1.165, 1.54) is 0 Å². The van der Waals surface area contributed by atoms with E-state index in [1.54, 1.807) is 0 Å². The fraction of sp³-hybridized carbons (Fsp3) is 0.600. The SMILES string of the molecule is CC(C)C(CN)NCc1ccc(Br)o1. The molecule has 80 valence electrons. The molecule has 4 heteroatoms. The summed E-state index contributed by atoms with van der Waals surface area (Å²) in [7, 11) is 0. The first-order valence-corrected chi connectivity index (χ1v) is 5.60. The van der Waals surface area contributed by atoms with E-state index in [0.29, 0.717) is 18.5 Å². The van der Waals surface area contributed by atoms with Gasteiger partial charge in [0.05, 0.1) is 6.54 Å². The molecule has 0 aliphatic carbocycles. The minimum absolute atomic E-state index is 0.346. The Bertz CT molecular complexity index is 273. The van der Waals surface area contributed by atoms with Crippen LogP contribution in [0.1, 0.15) is 19.6 Å². The van der Waals surface area contributed by atoms with Crippen LogP contribution in [-0.2, 0) is 6.54 Å². The van der Waals surface area contributed by atoms with Crippen LogP contribution in [0.5, 0.6) is 0 Å². The summed E-state index contributed by atoms with van der Waals surface area (Å²) in [5.74, 6) is 1.47. The van der Waals surface area contributed by atoms with Crippen molar-refractivity contribution in [3.8, 4) is 0 Å². The number of halogens is 1. The highest BCUT2D eigenvalue weighted by molar-refractivity contribution is 9.10. The smallest absolute Gasteiger partial charge is 0.169 e. The standard InChI is InChI=1S/C10H17BrN2O/c1-7(2)9(5-12)13-6-8-3-4-10(11)14-8/h3-4,7,9,13H,5-6,12H2,1-2H3. The highest BCUT2D eigenvalue weighted by atomic mass is 79.9. The molecule has 3 N–H and O–H groups in total. The van der Waals surface area contributed by atoms with Crippen molar-refractivity contribution in [1.29, 1.82) is 0 Å². The van der Waals surface area contributed by atoms with Crippen LogP contribution < -0.4 is 11.1 Å². The average molecular weight is 261 g/mol. The highest BCUT2D eigenvalue weighted by Gasteiger charge is 2.10. The first-order chi connectivity index (χ1) is 6.63. The molecule has 1 aromatic rings. The zero-order chi connectivity index (χ0) is 10.6. The van der Waals surface area contributed by atoms with E-state index in [2.05, 4.69) is 35.1 Å². The van der Waals surface area contributed by atoms with Crippen molar-refractivity contribution < 1.29 is 4.42 Å². The van der Waals surface area contributed by atoms with Gasteiger partial charge in [0, 0.05) is 12.6 Å². The summed E-state index contributed by atoms with van der Waals surface area (Å²) in [6.45, 7) is 5.69. The van der Waals surface area contributed by atoms with Crippen molar-refractivity contribution in [2.75, 3.05) is 6.54 Å². The van der Waals surface area contributed by atoms with Gasteiger partial charge in [-0.3, -0.25) is 0 Å². The summed E-state index contributed by atoms with van der Waals surface area (Å²) >= 11 is 3.27. The molecule has 0 bridgehead atoms. The Kier molecular flexibility index (Phi) is 4.65. The Balaban J connectivity index is 2.39. The van der Waals surface area contributed by atoms with Crippen molar-refractivity contribution >= 4 is 15.9 Å². The quantitative estimate of drug-likeness (QED) is 0.853. The molecule has 0 radical (unpaired) electrons. The fourth-order valence-electron chi connectivity index (χ4n) is 1.27. The maximum atomic E-state index is 5.64. The topological polar surface area (TPSA) is 51.2 Å². The number of nitrogens with two attached hydrogens (primary N) is 1. The maximum Gasteiger partial charge on any atom is 0.169 e. The van der Waals surface area contributed by atoms with Gasteiger partial charge in [0.1, 0.15) is 5.76 Å². The molecular weight excluding hydrogens is 244 g/mol. The molecule has 0 aliphatic rings. The second kappa shape index (κ2) is 5.53. The molecule has 0 fully saturated rings. The average Bonchev–Trinajstić information content (AvgIpc) is 2.52. The second-order valence-electron chi connectivity index (χ2n) is 3.67. The maximum absolute atomic E-state index is 5.64. The molecule has 3 nitrogen and oxygen atoms in total. The van der Waals surface area contributed by atoms with Gasteiger partial charge < -0.3 is 15.5 Å². The van der Waals surface area contributed by atoms with Gasteiger partial charge in [-0.25, -0.2) is 0 Å². The van der Waals surface area contributed by atoms with Crippen LogP contribution >= 0.6 is 15.9 Å². The van der Waals surface area contributed by atoms with Gasteiger partial charge in [-0.05, 0) is 34.0 Å². The zero-order valence-electron chi connectivity index (χ0n) is 8.59. The highest BCUT2D eigenvalue weighted by Crippen LogP contribution is 2.14. The molecule has 0 aromatic carbocycles. The van der Waals surface area contributed by atoms with Crippen molar-refractivity contribution in [1.82, 2.24) is 5.32 Å². The lowest BCUT2D eigenvalue weighted by Crippen LogP contribution is -2.39. The first kappa shape index (κ1) is 11.8. The van der Waals surface area contributed by atoms with E-state index in [0.717, 1.165) is 17.0 Å². The van der Waals surface area contributed by atoms with Crippen LogP contribution in [0.15, 0.2) is 21.2 Å². The number of hydrogen-bond acceptors (Lipinski definition) is 3. The Morgan fingerprint density at radius 1 is 1.50 bits per heavy atom. The third-order valence-electron chi connectivity index (χ3n) is 2.23. The lowest BCUT2D eigenvalue weighted by molar-refractivity contribution is 0.377. The van der Waals surface area contributed by atoms with Crippen molar-refractivity contribution in [2.45, 2.75) is 26.4 Å².